The Morgan fingerprint density at radius 3 is 2.35 bits per heavy atom. The van der Waals surface area contributed by atoms with Crippen LogP contribution in [0.4, 0.5) is 0 Å². The van der Waals surface area contributed by atoms with Crippen molar-refractivity contribution in [2.75, 3.05) is 0 Å². The van der Waals surface area contributed by atoms with E-state index in [2.05, 4.69) is 9.78 Å². The van der Waals surface area contributed by atoms with Crippen molar-refractivity contribution in [2.24, 2.45) is 0 Å². The van der Waals surface area contributed by atoms with E-state index in [1.165, 1.54) is 6.92 Å². The highest BCUT2D eigenvalue weighted by Gasteiger charge is 2.26. The molecule has 0 aromatic heterocycles. The normalized spacial score (nSPS) is 11.7. The fraction of sp³-hybridized carbons (Fsp3) is 0.500. The Hall–Kier alpha value is -1.14. The van der Waals surface area contributed by atoms with Gasteiger partial charge < -0.3 is 5.11 Å². The predicted molar refractivity (Wildman–Crippen MR) is 61.5 cm³/mol. The van der Waals surface area contributed by atoms with Crippen LogP contribution in [0, 0.1) is 0 Å². The average Bonchev–Trinajstić information content (AvgIpc) is 2.36. The van der Waals surface area contributed by atoms with Crippen molar-refractivity contribution in [3.63, 3.8) is 0 Å². The van der Waals surface area contributed by atoms with Crippen molar-refractivity contribution in [1.29, 1.82) is 0 Å². The second-order valence-electron chi connectivity index (χ2n) is 4.15. The Labute approximate surface area is 100 Å². The first-order chi connectivity index (χ1) is 8.11. The smallest absolute Gasteiger partial charge is 0.230 e. The van der Waals surface area contributed by atoms with Crippen LogP contribution in [0.1, 0.15) is 31.7 Å². The van der Waals surface area contributed by atoms with Crippen LogP contribution in [0.2, 0.25) is 0 Å². The summed E-state index contributed by atoms with van der Waals surface area (Å²) < 4.78 is 0. The summed E-state index contributed by atoms with van der Waals surface area (Å²) in [6.45, 7) is 1.44. The molecule has 96 valence electrons. The molecule has 0 radical (unpaired) electrons. The van der Waals surface area contributed by atoms with Gasteiger partial charge in [-0.15, -0.1) is 0 Å². The molecule has 0 saturated carbocycles. The van der Waals surface area contributed by atoms with E-state index in [1.54, 1.807) is 12.1 Å². The third-order valence-electron chi connectivity index (χ3n) is 2.70. The molecule has 0 aliphatic heterocycles. The highest BCUT2D eigenvalue weighted by Crippen LogP contribution is 2.21. The summed E-state index contributed by atoms with van der Waals surface area (Å²) in [4.78, 5) is 8.08. The zero-order valence-electron chi connectivity index (χ0n) is 9.80. The summed E-state index contributed by atoms with van der Waals surface area (Å²) >= 11 is 0. The van der Waals surface area contributed by atoms with Gasteiger partial charge in [0.25, 0.3) is 0 Å². The number of benzene rings is 1. The van der Waals surface area contributed by atoms with E-state index in [4.69, 9.17) is 10.5 Å². The quantitative estimate of drug-likeness (QED) is 0.296. The number of rotatable bonds is 7. The number of aryl methyl sites for hydroxylation is 1. The zero-order valence-corrected chi connectivity index (χ0v) is 9.80. The first-order valence-corrected chi connectivity index (χ1v) is 5.53. The van der Waals surface area contributed by atoms with Crippen LogP contribution in [0.15, 0.2) is 24.3 Å². The Kier molecular flexibility index (Phi) is 5.37. The maximum Gasteiger partial charge on any atom is 0.230 e. The molecule has 0 aliphatic rings. The van der Waals surface area contributed by atoms with Crippen LogP contribution in [0.3, 0.4) is 0 Å². The fourth-order valence-corrected chi connectivity index (χ4v) is 1.59. The Morgan fingerprint density at radius 1 is 1.12 bits per heavy atom. The second kappa shape index (κ2) is 6.56. The first kappa shape index (κ1) is 13.9. The molecule has 0 aliphatic carbocycles. The van der Waals surface area contributed by atoms with Gasteiger partial charge in [0, 0.05) is 6.42 Å². The molecule has 0 saturated heterocycles. The molecule has 1 rings (SSSR count). The molecule has 0 fully saturated rings. The first-order valence-electron chi connectivity index (χ1n) is 5.53. The number of unbranched alkanes of at least 4 members (excludes halogenated alkanes) is 1. The lowest BCUT2D eigenvalue weighted by Crippen LogP contribution is -2.29. The fourth-order valence-electron chi connectivity index (χ4n) is 1.59. The minimum Gasteiger partial charge on any atom is -0.508 e. The molecule has 1 aromatic rings. The van der Waals surface area contributed by atoms with Gasteiger partial charge in [-0.3, -0.25) is 0 Å². The minimum atomic E-state index is -1.38. The topological polar surface area (TPSA) is 79.2 Å². The van der Waals surface area contributed by atoms with E-state index < -0.39 is 5.79 Å². The molecule has 0 bridgehead atoms. The molecule has 5 heteroatoms. The number of para-hydroxylation sites is 1. The van der Waals surface area contributed by atoms with E-state index >= 15 is 0 Å². The Balaban J connectivity index is 2.32. The molecule has 0 heterocycles. The van der Waals surface area contributed by atoms with Gasteiger partial charge >= 0.3 is 0 Å². The molecular formula is C12H18O5. The largest absolute Gasteiger partial charge is 0.508 e. The Bertz CT molecular complexity index is 335. The molecule has 0 atom stereocenters. The van der Waals surface area contributed by atoms with Crippen molar-refractivity contribution >= 4 is 0 Å². The molecule has 0 unspecified atom stereocenters. The number of phenolic OH excluding ortho intramolecular Hbond substituents is 1. The standard InChI is InChI=1S/C12H18O5/c1-12(16-14,17-15)9-5-4-7-10-6-2-3-8-11(10)13/h2-3,6,8,13-15H,4-5,7,9H2,1H3. The van der Waals surface area contributed by atoms with Gasteiger partial charge in [-0.25, -0.2) is 20.3 Å². The lowest BCUT2D eigenvalue weighted by molar-refractivity contribution is -0.482. The van der Waals surface area contributed by atoms with Crippen LogP contribution in [0.25, 0.3) is 0 Å². The van der Waals surface area contributed by atoms with Crippen molar-refractivity contribution in [3.8, 4) is 5.75 Å². The van der Waals surface area contributed by atoms with Gasteiger partial charge in [0.2, 0.25) is 5.79 Å². The van der Waals surface area contributed by atoms with Crippen LogP contribution >= 0.6 is 0 Å². The lowest BCUT2D eigenvalue weighted by Gasteiger charge is -2.21. The van der Waals surface area contributed by atoms with E-state index in [0.29, 0.717) is 12.8 Å². The van der Waals surface area contributed by atoms with Crippen molar-refractivity contribution in [1.82, 2.24) is 0 Å². The lowest BCUT2D eigenvalue weighted by atomic mass is 10.0. The SMILES string of the molecule is CC(CCCCc1ccccc1O)(OO)OO. The molecular weight excluding hydrogens is 224 g/mol. The number of hydrogen-bond acceptors (Lipinski definition) is 5. The molecule has 0 amide bonds. The highest BCUT2D eigenvalue weighted by molar-refractivity contribution is 5.31. The molecule has 17 heavy (non-hydrogen) atoms. The monoisotopic (exact) mass is 242 g/mol. The highest BCUT2D eigenvalue weighted by atomic mass is 17.2. The van der Waals surface area contributed by atoms with Crippen molar-refractivity contribution in [3.05, 3.63) is 29.8 Å². The van der Waals surface area contributed by atoms with E-state index in [9.17, 15) is 5.11 Å². The molecule has 0 spiro atoms. The van der Waals surface area contributed by atoms with Gasteiger partial charge in [0.1, 0.15) is 5.75 Å². The predicted octanol–water partition coefficient (Wildman–Crippen LogP) is 2.80. The summed E-state index contributed by atoms with van der Waals surface area (Å²) in [5.41, 5.74) is 0.879. The maximum absolute atomic E-state index is 9.53. The van der Waals surface area contributed by atoms with Crippen molar-refractivity contribution in [2.45, 2.75) is 38.4 Å². The number of aromatic hydroxyl groups is 1. The third kappa shape index (κ3) is 4.32. The van der Waals surface area contributed by atoms with Crippen LogP contribution in [0.5, 0.6) is 5.75 Å². The third-order valence-corrected chi connectivity index (χ3v) is 2.70. The summed E-state index contributed by atoms with van der Waals surface area (Å²) in [6.07, 6.45) is 2.55. The van der Waals surface area contributed by atoms with Crippen LogP contribution in [-0.2, 0) is 16.2 Å². The molecule has 1 aromatic carbocycles. The van der Waals surface area contributed by atoms with Gasteiger partial charge in [-0.05, 0) is 37.8 Å². The van der Waals surface area contributed by atoms with Gasteiger partial charge in [0.15, 0.2) is 0 Å². The minimum absolute atomic E-state index is 0.284. The van der Waals surface area contributed by atoms with Gasteiger partial charge in [-0.2, -0.15) is 0 Å². The number of hydrogen-bond donors (Lipinski definition) is 3. The van der Waals surface area contributed by atoms with E-state index in [1.807, 2.05) is 12.1 Å². The summed E-state index contributed by atoms with van der Waals surface area (Å²) in [5.74, 6) is -1.09. The van der Waals surface area contributed by atoms with E-state index in [0.717, 1.165) is 18.4 Å². The maximum atomic E-state index is 9.53. The second-order valence-corrected chi connectivity index (χ2v) is 4.15. The summed E-state index contributed by atoms with van der Waals surface area (Å²) in [7, 11) is 0. The van der Waals surface area contributed by atoms with Gasteiger partial charge in [-0.1, -0.05) is 18.2 Å². The Morgan fingerprint density at radius 2 is 1.76 bits per heavy atom. The summed E-state index contributed by atoms with van der Waals surface area (Å²) in [5, 5.41) is 26.6. The molecule has 3 N–H and O–H groups in total. The van der Waals surface area contributed by atoms with Crippen LogP contribution in [-0.4, -0.2) is 21.4 Å². The van der Waals surface area contributed by atoms with Crippen molar-refractivity contribution < 1.29 is 25.4 Å². The average molecular weight is 242 g/mol. The van der Waals surface area contributed by atoms with Gasteiger partial charge in [0.05, 0.1) is 0 Å². The van der Waals surface area contributed by atoms with E-state index in [-0.39, 0.29) is 5.75 Å². The zero-order chi connectivity index (χ0) is 12.7. The molecule has 5 nitrogen and oxygen atoms in total. The van der Waals surface area contributed by atoms with Crippen LogP contribution < -0.4 is 0 Å². The number of phenols is 1. The summed E-state index contributed by atoms with van der Waals surface area (Å²) in [6, 6.07) is 7.15.